The van der Waals surface area contributed by atoms with Crippen molar-refractivity contribution in [3.63, 3.8) is 0 Å². The van der Waals surface area contributed by atoms with Gasteiger partial charge in [0.1, 0.15) is 23.9 Å². The van der Waals surface area contributed by atoms with Crippen molar-refractivity contribution in [2.75, 3.05) is 12.9 Å². The van der Waals surface area contributed by atoms with Gasteiger partial charge in [-0.25, -0.2) is 8.42 Å². The lowest BCUT2D eigenvalue weighted by molar-refractivity contribution is 0.271. The molecule has 5 nitrogen and oxygen atoms in total. The van der Waals surface area contributed by atoms with Crippen LogP contribution in [0.15, 0.2) is 59.7 Å². The molecule has 6 heteroatoms. The third-order valence-corrected chi connectivity index (χ3v) is 4.60. The van der Waals surface area contributed by atoms with Crippen LogP contribution in [0.25, 0.3) is 0 Å². The highest BCUT2D eigenvalue weighted by atomic mass is 32.2. The first-order valence-corrected chi connectivity index (χ1v) is 9.66. The van der Waals surface area contributed by atoms with Crippen LogP contribution in [-0.2, 0) is 15.3 Å². The van der Waals surface area contributed by atoms with Crippen molar-refractivity contribution in [3.05, 3.63) is 70.8 Å². The minimum absolute atomic E-state index is 0.215. The summed E-state index contributed by atoms with van der Waals surface area (Å²) in [5, 5.41) is 19.7. The van der Waals surface area contributed by atoms with Crippen LogP contribution in [-0.4, -0.2) is 31.5 Å². The number of phenolic OH excluding ortho intramolecular Hbond substituents is 1. The average Bonchev–Trinajstić information content (AvgIpc) is 2.52. The van der Waals surface area contributed by atoms with Gasteiger partial charge in [0.25, 0.3) is 0 Å². The first kappa shape index (κ1) is 18.9. The molecule has 2 aromatic carbocycles. The highest BCUT2D eigenvalue weighted by Gasteiger charge is 2.23. The van der Waals surface area contributed by atoms with Gasteiger partial charge in [0.15, 0.2) is 9.84 Å². The molecular formula is C19H22O5S. The molecule has 0 fully saturated rings. The van der Waals surface area contributed by atoms with Crippen LogP contribution in [0.4, 0.5) is 0 Å². The lowest BCUT2D eigenvalue weighted by Crippen LogP contribution is -2.18. The maximum atomic E-state index is 11.1. The molecule has 25 heavy (non-hydrogen) atoms. The Balaban J connectivity index is 2.11. The Kier molecular flexibility index (Phi) is 5.42. The molecule has 0 unspecified atom stereocenters. The van der Waals surface area contributed by atoms with E-state index < -0.39 is 9.84 Å². The number of benzene rings is 2. The van der Waals surface area contributed by atoms with Gasteiger partial charge in [0.05, 0.1) is 5.41 Å². The second-order valence-corrected chi connectivity index (χ2v) is 8.32. The third-order valence-electron chi connectivity index (χ3n) is 3.90. The summed E-state index contributed by atoms with van der Waals surface area (Å²) >= 11 is 0. The maximum absolute atomic E-state index is 11.1. The molecule has 0 radical (unpaired) electrons. The van der Waals surface area contributed by atoms with Crippen LogP contribution in [0.5, 0.6) is 11.5 Å². The van der Waals surface area contributed by atoms with Crippen molar-refractivity contribution in [3.8, 4) is 11.5 Å². The quantitative estimate of drug-likeness (QED) is 0.768. The predicted molar refractivity (Wildman–Crippen MR) is 97.7 cm³/mol. The number of aromatic hydroxyl groups is 1. The number of aliphatic hydroxyl groups excluding tert-OH is 1. The summed E-state index contributed by atoms with van der Waals surface area (Å²) < 4.78 is 27.5. The topological polar surface area (TPSA) is 83.8 Å². The Labute approximate surface area is 148 Å². The molecule has 0 aromatic heterocycles. The Bertz CT molecular complexity index is 848. The smallest absolute Gasteiger partial charge is 0.172 e. The summed E-state index contributed by atoms with van der Waals surface area (Å²) in [5.74, 6) is 0.403. The van der Waals surface area contributed by atoms with E-state index in [1.54, 1.807) is 24.3 Å². The zero-order chi connectivity index (χ0) is 18.7. The van der Waals surface area contributed by atoms with Crippen LogP contribution >= 0.6 is 0 Å². The summed E-state index contributed by atoms with van der Waals surface area (Å²) in [5.41, 5.74) is 1.86. The number of sulfone groups is 1. The highest BCUT2D eigenvalue weighted by molar-refractivity contribution is 7.93. The van der Waals surface area contributed by atoms with E-state index in [9.17, 15) is 18.6 Å². The molecule has 0 bridgehead atoms. The fourth-order valence-electron chi connectivity index (χ4n) is 2.45. The van der Waals surface area contributed by atoms with Gasteiger partial charge in [-0.05, 0) is 35.4 Å². The lowest BCUT2D eigenvalue weighted by Gasteiger charge is -2.26. The van der Waals surface area contributed by atoms with Crippen molar-refractivity contribution in [2.45, 2.75) is 19.3 Å². The van der Waals surface area contributed by atoms with Gasteiger partial charge in [0.2, 0.25) is 0 Å². The zero-order valence-corrected chi connectivity index (χ0v) is 15.2. The number of hydrogen-bond acceptors (Lipinski definition) is 5. The number of hydrogen-bond donors (Lipinski definition) is 2. The van der Waals surface area contributed by atoms with E-state index in [-0.39, 0.29) is 23.5 Å². The van der Waals surface area contributed by atoms with Gasteiger partial charge in [-0.15, -0.1) is 0 Å². The fraction of sp³-hybridized carbons (Fsp3) is 0.263. The van der Waals surface area contributed by atoms with Gasteiger partial charge in [0, 0.05) is 11.7 Å². The molecule has 0 saturated carbocycles. The van der Waals surface area contributed by atoms with E-state index in [0.29, 0.717) is 5.75 Å². The summed E-state index contributed by atoms with van der Waals surface area (Å²) in [6.07, 6.45) is 1.00. The second-order valence-electron chi connectivity index (χ2n) is 6.42. The van der Waals surface area contributed by atoms with Gasteiger partial charge in [-0.3, -0.25) is 0 Å². The van der Waals surface area contributed by atoms with E-state index in [1.165, 1.54) is 0 Å². The summed E-state index contributed by atoms with van der Waals surface area (Å²) in [6.45, 7) is 3.94. The van der Waals surface area contributed by atoms with E-state index in [2.05, 4.69) is 13.8 Å². The Hall–Kier alpha value is -2.47. The van der Waals surface area contributed by atoms with Crippen LogP contribution < -0.4 is 4.74 Å². The molecule has 0 saturated heterocycles. The highest BCUT2D eigenvalue weighted by Crippen LogP contribution is 2.33. The van der Waals surface area contributed by atoms with Crippen molar-refractivity contribution in [1.29, 1.82) is 0 Å². The summed E-state index contributed by atoms with van der Waals surface area (Å²) in [6, 6.07) is 14.5. The predicted octanol–water partition coefficient (Wildman–Crippen LogP) is 3.54. The fourth-order valence-corrected chi connectivity index (χ4v) is 3.01. The average molecular weight is 362 g/mol. The van der Waals surface area contributed by atoms with Gasteiger partial charge in [-0.2, -0.15) is 0 Å². The Morgan fingerprint density at radius 2 is 1.52 bits per heavy atom. The minimum atomic E-state index is -3.40. The SMILES string of the molecule is CC(C)(c1ccc(O)cc1)c1ccc(OC/C(O)=C/S(C)(=O)=O)cc1. The van der Waals surface area contributed by atoms with E-state index in [4.69, 9.17) is 4.74 Å². The Morgan fingerprint density at radius 1 is 1.04 bits per heavy atom. The molecule has 0 amide bonds. The Morgan fingerprint density at radius 3 is 2.00 bits per heavy atom. The van der Waals surface area contributed by atoms with E-state index >= 15 is 0 Å². The first-order chi connectivity index (χ1) is 11.6. The van der Waals surface area contributed by atoms with E-state index in [1.807, 2.05) is 24.3 Å². The number of aliphatic hydroxyl groups is 1. The number of rotatable bonds is 6. The largest absolute Gasteiger partial charge is 0.508 e. The molecule has 134 valence electrons. The number of ether oxygens (including phenoxy) is 1. The van der Waals surface area contributed by atoms with Crippen LogP contribution in [0.3, 0.4) is 0 Å². The second kappa shape index (κ2) is 7.19. The molecule has 0 heterocycles. The standard InChI is InChI=1S/C19H22O5S/c1-19(2,14-4-8-16(20)9-5-14)15-6-10-18(11-7-15)24-12-17(21)13-25(3,22)23/h4-11,13,20-21H,12H2,1-3H3/b17-13-. The molecule has 2 N–H and O–H groups in total. The molecule has 2 rings (SSSR count). The summed E-state index contributed by atoms with van der Waals surface area (Å²) in [7, 11) is -3.40. The lowest BCUT2D eigenvalue weighted by atomic mass is 9.78. The van der Waals surface area contributed by atoms with Crippen LogP contribution in [0.1, 0.15) is 25.0 Å². The first-order valence-electron chi connectivity index (χ1n) is 7.70. The van der Waals surface area contributed by atoms with Crippen molar-refractivity contribution in [2.24, 2.45) is 0 Å². The molecule has 0 spiro atoms. The molecule has 2 aromatic rings. The maximum Gasteiger partial charge on any atom is 0.172 e. The van der Waals surface area contributed by atoms with Crippen molar-refractivity contribution >= 4 is 9.84 Å². The monoisotopic (exact) mass is 362 g/mol. The van der Waals surface area contributed by atoms with Crippen LogP contribution in [0.2, 0.25) is 0 Å². The molecule has 0 aliphatic heterocycles. The van der Waals surface area contributed by atoms with Crippen molar-refractivity contribution < 1.29 is 23.4 Å². The number of phenols is 1. The molecule has 0 aliphatic rings. The summed E-state index contributed by atoms with van der Waals surface area (Å²) in [4.78, 5) is 0. The molecule has 0 aliphatic carbocycles. The van der Waals surface area contributed by atoms with E-state index in [0.717, 1.165) is 22.8 Å². The molecule has 0 atom stereocenters. The molecular weight excluding hydrogens is 340 g/mol. The third kappa shape index (κ3) is 5.26. The normalized spacial score (nSPS) is 12.8. The van der Waals surface area contributed by atoms with Crippen LogP contribution in [0, 0.1) is 0 Å². The van der Waals surface area contributed by atoms with Crippen molar-refractivity contribution in [1.82, 2.24) is 0 Å². The van der Waals surface area contributed by atoms with Gasteiger partial charge >= 0.3 is 0 Å². The zero-order valence-electron chi connectivity index (χ0n) is 14.4. The van der Waals surface area contributed by atoms with Gasteiger partial charge in [-0.1, -0.05) is 38.1 Å². The van der Waals surface area contributed by atoms with Gasteiger partial charge < -0.3 is 14.9 Å². The minimum Gasteiger partial charge on any atom is -0.508 e.